The molecule has 0 saturated heterocycles. The van der Waals surface area contributed by atoms with Crippen molar-refractivity contribution in [1.29, 1.82) is 0 Å². The first-order valence-electron chi connectivity index (χ1n) is 7.46. The highest BCUT2D eigenvalue weighted by Gasteiger charge is 1.97. The quantitative estimate of drug-likeness (QED) is 0.374. The van der Waals surface area contributed by atoms with Gasteiger partial charge in [0.25, 0.3) is 0 Å². The predicted octanol–water partition coefficient (Wildman–Crippen LogP) is 2.25. The number of hydrogen-bond acceptors (Lipinski definition) is 4. The third kappa shape index (κ3) is 9.44. The van der Waals surface area contributed by atoms with Gasteiger partial charge in [-0.05, 0) is 42.2 Å². The molecule has 0 radical (unpaired) electrons. The van der Waals surface area contributed by atoms with Crippen LogP contribution in [0.2, 0.25) is 0 Å². The Morgan fingerprint density at radius 1 is 1.24 bits per heavy atom. The molecular formula is C15H27N3O2S. The maximum Gasteiger partial charge on any atom is 0.191 e. The second-order valence-corrected chi connectivity index (χ2v) is 5.35. The van der Waals surface area contributed by atoms with Crippen LogP contribution in [0.5, 0.6) is 0 Å². The fourth-order valence-electron chi connectivity index (χ4n) is 1.67. The summed E-state index contributed by atoms with van der Waals surface area (Å²) in [5.41, 5.74) is 1.25. The molecule has 0 unspecified atom stereocenters. The summed E-state index contributed by atoms with van der Waals surface area (Å²) in [6.45, 7) is 6.70. The molecule has 1 rings (SSSR count). The summed E-state index contributed by atoms with van der Waals surface area (Å²) in [4.78, 5) is 4.57. The Balaban J connectivity index is 2.11. The minimum Gasteiger partial charge on any atom is -0.382 e. The summed E-state index contributed by atoms with van der Waals surface area (Å²) >= 11 is 1.70. The van der Waals surface area contributed by atoms with Gasteiger partial charge in [-0.1, -0.05) is 0 Å². The Hall–Kier alpha value is -1.11. The highest BCUT2D eigenvalue weighted by atomic mass is 32.1. The van der Waals surface area contributed by atoms with E-state index in [1.807, 2.05) is 0 Å². The molecule has 1 aromatic rings. The molecule has 6 heteroatoms. The second kappa shape index (κ2) is 12.6. The standard InChI is InChI=1S/C15H27N3O2S/c1-3-16-15(18-12-14-6-11-21-13-14)17-7-4-5-8-20-10-9-19-2/h6,11,13H,3-5,7-10,12H2,1-2H3,(H2,16,17,18). The van der Waals surface area contributed by atoms with E-state index in [4.69, 9.17) is 9.47 Å². The van der Waals surface area contributed by atoms with Crippen molar-refractivity contribution >= 4 is 17.3 Å². The number of thiophene rings is 1. The summed E-state index contributed by atoms with van der Waals surface area (Å²) < 4.78 is 10.4. The van der Waals surface area contributed by atoms with Crippen molar-refractivity contribution in [2.24, 2.45) is 4.99 Å². The molecule has 1 aromatic heterocycles. The van der Waals surface area contributed by atoms with Gasteiger partial charge in [0.15, 0.2) is 5.96 Å². The maximum atomic E-state index is 5.43. The number of rotatable bonds is 11. The molecule has 0 bridgehead atoms. The van der Waals surface area contributed by atoms with Crippen molar-refractivity contribution in [2.75, 3.05) is 40.0 Å². The van der Waals surface area contributed by atoms with Crippen LogP contribution in [-0.2, 0) is 16.0 Å². The van der Waals surface area contributed by atoms with E-state index in [-0.39, 0.29) is 0 Å². The summed E-state index contributed by atoms with van der Waals surface area (Å²) in [5.74, 6) is 0.879. The highest BCUT2D eigenvalue weighted by molar-refractivity contribution is 7.07. The van der Waals surface area contributed by atoms with Crippen LogP contribution in [0.4, 0.5) is 0 Å². The van der Waals surface area contributed by atoms with E-state index in [2.05, 4.69) is 39.4 Å². The van der Waals surface area contributed by atoms with Gasteiger partial charge in [0.1, 0.15) is 0 Å². The number of unbranched alkanes of at least 4 members (excludes halogenated alkanes) is 1. The first kappa shape index (κ1) is 17.9. The van der Waals surface area contributed by atoms with Gasteiger partial charge in [0, 0.05) is 26.8 Å². The van der Waals surface area contributed by atoms with Crippen molar-refractivity contribution < 1.29 is 9.47 Å². The van der Waals surface area contributed by atoms with Gasteiger partial charge in [-0.2, -0.15) is 11.3 Å². The van der Waals surface area contributed by atoms with Gasteiger partial charge in [0.2, 0.25) is 0 Å². The van der Waals surface area contributed by atoms with Crippen LogP contribution in [0.15, 0.2) is 21.8 Å². The Bertz CT molecular complexity index is 369. The van der Waals surface area contributed by atoms with Crippen molar-refractivity contribution in [2.45, 2.75) is 26.3 Å². The molecule has 21 heavy (non-hydrogen) atoms. The molecule has 0 fully saturated rings. The lowest BCUT2D eigenvalue weighted by Crippen LogP contribution is -2.37. The van der Waals surface area contributed by atoms with E-state index < -0.39 is 0 Å². The molecular weight excluding hydrogens is 286 g/mol. The number of nitrogens with zero attached hydrogens (tertiary/aromatic N) is 1. The Labute approximate surface area is 131 Å². The molecule has 5 nitrogen and oxygen atoms in total. The van der Waals surface area contributed by atoms with Gasteiger partial charge >= 0.3 is 0 Å². The zero-order valence-corrected chi connectivity index (χ0v) is 13.9. The monoisotopic (exact) mass is 313 g/mol. The molecule has 120 valence electrons. The van der Waals surface area contributed by atoms with Crippen LogP contribution in [0.3, 0.4) is 0 Å². The molecule has 0 amide bonds. The predicted molar refractivity (Wildman–Crippen MR) is 89.1 cm³/mol. The van der Waals surface area contributed by atoms with E-state index in [0.717, 1.165) is 45.0 Å². The van der Waals surface area contributed by atoms with E-state index in [1.165, 1.54) is 5.56 Å². The number of hydrogen-bond donors (Lipinski definition) is 2. The van der Waals surface area contributed by atoms with Gasteiger partial charge in [-0.25, -0.2) is 4.99 Å². The third-order valence-electron chi connectivity index (χ3n) is 2.78. The van der Waals surface area contributed by atoms with Crippen LogP contribution >= 0.6 is 11.3 Å². The summed E-state index contributed by atoms with van der Waals surface area (Å²) in [5, 5.41) is 10.8. The third-order valence-corrected chi connectivity index (χ3v) is 3.52. The van der Waals surface area contributed by atoms with Gasteiger partial charge in [-0.3, -0.25) is 0 Å². The van der Waals surface area contributed by atoms with Crippen molar-refractivity contribution in [3.8, 4) is 0 Å². The average Bonchev–Trinajstić information content (AvgIpc) is 3.00. The van der Waals surface area contributed by atoms with Crippen LogP contribution in [0, 0.1) is 0 Å². The first-order chi connectivity index (χ1) is 10.4. The summed E-state index contributed by atoms with van der Waals surface area (Å²) in [7, 11) is 1.69. The lowest BCUT2D eigenvalue weighted by molar-refractivity contribution is 0.0689. The zero-order chi connectivity index (χ0) is 15.2. The lowest BCUT2D eigenvalue weighted by Gasteiger charge is -2.11. The van der Waals surface area contributed by atoms with Gasteiger partial charge in [0.05, 0.1) is 19.8 Å². The topological polar surface area (TPSA) is 54.9 Å². The van der Waals surface area contributed by atoms with E-state index >= 15 is 0 Å². The lowest BCUT2D eigenvalue weighted by atomic mass is 10.3. The molecule has 0 atom stereocenters. The van der Waals surface area contributed by atoms with E-state index in [0.29, 0.717) is 13.2 Å². The maximum absolute atomic E-state index is 5.43. The van der Waals surface area contributed by atoms with Gasteiger partial charge < -0.3 is 20.1 Å². The number of aliphatic imine (C=N–C) groups is 1. The van der Waals surface area contributed by atoms with Crippen LogP contribution in [0.25, 0.3) is 0 Å². The molecule has 0 spiro atoms. The number of nitrogens with one attached hydrogen (secondary N) is 2. The SMILES string of the molecule is CCNC(=NCc1ccsc1)NCCCCOCCOC. The molecule has 0 saturated carbocycles. The van der Waals surface area contributed by atoms with Crippen LogP contribution in [-0.4, -0.2) is 46.0 Å². The minimum atomic E-state index is 0.665. The largest absolute Gasteiger partial charge is 0.382 e. The zero-order valence-electron chi connectivity index (χ0n) is 13.1. The van der Waals surface area contributed by atoms with Gasteiger partial charge in [-0.15, -0.1) is 0 Å². The Morgan fingerprint density at radius 3 is 2.86 bits per heavy atom. The molecule has 0 aromatic carbocycles. The fourth-order valence-corrected chi connectivity index (χ4v) is 2.33. The highest BCUT2D eigenvalue weighted by Crippen LogP contribution is 2.06. The molecule has 2 N–H and O–H groups in total. The fraction of sp³-hybridized carbons (Fsp3) is 0.667. The average molecular weight is 313 g/mol. The molecule has 0 aliphatic rings. The van der Waals surface area contributed by atoms with Crippen molar-refractivity contribution in [1.82, 2.24) is 10.6 Å². The van der Waals surface area contributed by atoms with Crippen molar-refractivity contribution in [3.05, 3.63) is 22.4 Å². The number of methoxy groups -OCH3 is 1. The first-order valence-corrected chi connectivity index (χ1v) is 8.41. The van der Waals surface area contributed by atoms with Crippen LogP contribution in [0.1, 0.15) is 25.3 Å². The second-order valence-electron chi connectivity index (χ2n) is 4.57. The Kier molecular flexibility index (Phi) is 10.8. The molecule has 1 heterocycles. The van der Waals surface area contributed by atoms with Crippen molar-refractivity contribution in [3.63, 3.8) is 0 Å². The van der Waals surface area contributed by atoms with E-state index in [1.54, 1.807) is 18.4 Å². The minimum absolute atomic E-state index is 0.665. The summed E-state index contributed by atoms with van der Waals surface area (Å²) in [6, 6.07) is 2.11. The Morgan fingerprint density at radius 2 is 2.14 bits per heavy atom. The molecule has 0 aliphatic heterocycles. The summed E-state index contributed by atoms with van der Waals surface area (Å²) in [6.07, 6.45) is 2.11. The smallest absolute Gasteiger partial charge is 0.191 e. The van der Waals surface area contributed by atoms with E-state index in [9.17, 15) is 0 Å². The normalized spacial score (nSPS) is 11.6. The molecule has 0 aliphatic carbocycles. The van der Waals surface area contributed by atoms with Crippen LogP contribution < -0.4 is 10.6 Å². The number of guanidine groups is 1. The number of ether oxygens (including phenoxy) is 2.